The number of carbonyl (C=O) groups excluding carboxylic acids is 2. The number of aromatic amines is 1. The number of hydrogen-bond acceptors (Lipinski definition) is 3. The fourth-order valence-corrected chi connectivity index (χ4v) is 1.67. The van der Waals surface area contributed by atoms with Gasteiger partial charge in [0.15, 0.2) is 5.69 Å². The summed E-state index contributed by atoms with van der Waals surface area (Å²) in [5, 5.41) is 5.57. The number of amides is 2. The molecule has 1 fully saturated rings. The Labute approximate surface area is 112 Å². The highest BCUT2D eigenvalue weighted by molar-refractivity contribution is 6.04. The number of nitrogens with zero attached hydrogens (tertiary/aromatic N) is 1. The molecule has 1 saturated carbocycles. The summed E-state index contributed by atoms with van der Waals surface area (Å²) in [7, 11) is 0. The van der Waals surface area contributed by atoms with Crippen LogP contribution in [0.25, 0.3) is 0 Å². The van der Waals surface area contributed by atoms with Crippen LogP contribution >= 0.6 is 0 Å². The Morgan fingerprint density at radius 1 is 1.37 bits per heavy atom. The summed E-state index contributed by atoms with van der Waals surface area (Å²) in [6.07, 6.45) is 3.71. The van der Waals surface area contributed by atoms with Gasteiger partial charge in [0.2, 0.25) is 0 Å². The largest absolute Gasteiger partial charge is 0.350 e. The first-order valence-corrected chi connectivity index (χ1v) is 6.67. The van der Waals surface area contributed by atoms with E-state index < -0.39 is 0 Å². The molecule has 0 unspecified atom stereocenters. The van der Waals surface area contributed by atoms with Crippen LogP contribution in [-0.2, 0) is 0 Å². The summed E-state index contributed by atoms with van der Waals surface area (Å²) in [5.74, 6) is 0.380. The Morgan fingerprint density at radius 3 is 2.74 bits per heavy atom. The first kappa shape index (κ1) is 13.6. The number of imidazole rings is 1. The van der Waals surface area contributed by atoms with Gasteiger partial charge in [0.1, 0.15) is 5.69 Å². The van der Waals surface area contributed by atoms with Crippen molar-refractivity contribution < 1.29 is 9.59 Å². The molecule has 19 heavy (non-hydrogen) atoms. The highest BCUT2D eigenvalue weighted by Gasteiger charge is 2.24. The molecule has 104 valence electrons. The molecule has 0 spiro atoms. The van der Waals surface area contributed by atoms with E-state index in [1.807, 2.05) is 13.8 Å². The van der Waals surface area contributed by atoms with Gasteiger partial charge in [-0.2, -0.15) is 0 Å². The Morgan fingerprint density at radius 2 is 2.11 bits per heavy atom. The van der Waals surface area contributed by atoms with Crippen molar-refractivity contribution in [3.05, 3.63) is 17.7 Å². The Balaban J connectivity index is 1.95. The minimum absolute atomic E-state index is 0.168. The molecule has 1 aliphatic carbocycles. The number of carbonyl (C=O) groups is 2. The quantitative estimate of drug-likeness (QED) is 0.714. The lowest BCUT2D eigenvalue weighted by atomic mass is 10.2. The average molecular weight is 264 g/mol. The van der Waals surface area contributed by atoms with E-state index in [0.717, 1.165) is 0 Å². The van der Waals surface area contributed by atoms with E-state index in [0.29, 0.717) is 24.9 Å². The Kier molecular flexibility index (Phi) is 4.19. The van der Waals surface area contributed by atoms with Gasteiger partial charge in [0, 0.05) is 13.1 Å². The zero-order chi connectivity index (χ0) is 13.8. The van der Waals surface area contributed by atoms with E-state index >= 15 is 0 Å². The zero-order valence-electron chi connectivity index (χ0n) is 11.3. The summed E-state index contributed by atoms with van der Waals surface area (Å²) in [5.41, 5.74) is 0.399. The van der Waals surface area contributed by atoms with Gasteiger partial charge in [-0.25, -0.2) is 4.98 Å². The molecule has 2 rings (SSSR count). The number of hydrogen-bond donors (Lipinski definition) is 3. The van der Waals surface area contributed by atoms with Crippen LogP contribution in [0.1, 0.15) is 47.7 Å². The fourth-order valence-electron chi connectivity index (χ4n) is 1.67. The molecule has 0 aliphatic heterocycles. The van der Waals surface area contributed by atoms with Gasteiger partial charge in [0.05, 0.1) is 6.33 Å². The molecule has 1 aliphatic rings. The van der Waals surface area contributed by atoms with Crippen LogP contribution in [-0.4, -0.2) is 34.9 Å². The highest BCUT2D eigenvalue weighted by atomic mass is 16.2. The van der Waals surface area contributed by atoms with Crippen LogP contribution in [0.4, 0.5) is 0 Å². The van der Waals surface area contributed by atoms with Crippen molar-refractivity contribution in [2.45, 2.75) is 26.7 Å². The summed E-state index contributed by atoms with van der Waals surface area (Å²) < 4.78 is 0. The van der Waals surface area contributed by atoms with Gasteiger partial charge in [-0.05, 0) is 24.7 Å². The number of H-pyrrole nitrogens is 1. The maximum Gasteiger partial charge on any atom is 0.272 e. The van der Waals surface area contributed by atoms with Crippen molar-refractivity contribution in [3.63, 3.8) is 0 Å². The van der Waals surface area contributed by atoms with Gasteiger partial charge in [-0.1, -0.05) is 13.8 Å². The number of aromatic nitrogens is 2. The van der Waals surface area contributed by atoms with Crippen LogP contribution in [0.2, 0.25) is 0 Å². The maximum absolute atomic E-state index is 11.9. The van der Waals surface area contributed by atoms with Crippen LogP contribution in [0, 0.1) is 11.8 Å². The topological polar surface area (TPSA) is 86.9 Å². The van der Waals surface area contributed by atoms with E-state index in [1.54, 1.807) is 0 Å². The summed E-state index contributed by atoms with van der Waals surface area (Å²) in [6.45, 7) is 5.26. The van der Waals surface area contributed by atoms with Crippen LogP contribution in [0.15, 0.2) is 6.33 Å². The van der Waals surface area contributed by atoms with E-state index in [2.05, 4.69) is 20.6 Å². The second-order valence-electron chi connectivity index (χ2n) is 5.38. The van der Waals surface area contributed by atoms with Gasteiger partial charge < -0.3 is 15.6 Å². The van der Waals surface area contributed by atoms with E-state index in [1.165, 1.54) is 19.2 Å². The fraction of sp³-hybridized carbons (Fsp3) is 0.615. The van der Waals surface area contributed by atoms with Crippen molar-refractivity contribution in [2.24, 2.45) is 11.8 Å². The third-order valence-corrected chi connectivity index (χ3v) is 3.00. The smallest absolute Gasteiger partial charge is 0.272 e. The van der Waals surface area contributed by atoms with E-state index in [-0.39, 0.29) is 23.2 Å². The predicted octanol–water partition coefficient (Wildman–Crippen LogP) is 0.935. The molecule has 0 bridgehead atoms. The summed E-state index contributed by atoms with van der Waals surface area (Å²) in [4.78, 5) is 30.5. The second kappa shape index (κ2) is 5.86. The standard InChI is InChI=1S/C13H20N4O2/c1-8(2)5-14-12(18)10-11(17-7-16-10)13(19)15-6-9-3-4-9/h7-9H,3-6H2,1-2H3,(H,14,18)(H,15,19)(H,16,17). The molecular weight excluding hydrogens is 244 g/mol. The lowest BCUT2D eigenvalue weighted by Crippen LogP contribution is -2.32. The molecule has 6 nitrogen and oxygen atoms in total. The SMILES string of the molecule is CC(C)CNC(=O)c1[nH]cnc1C(=O)NCC1CC1. The molecule has 0 radical (unpaired) electrons. The first-order valence-electron chi connectivity index (χ1n) is 6.67. The molecule has 3 N–H and O–H groups in total. The Bertz CT molecular complexity index is 430. The number of rotatable bonds is 6. The highest BCUT2D eigenvalue weighted by Crippen LogP contribution is 2.27. The van der Waals surface area contributed by atoms with Gasteiger partial charge in [-0.3, -0.25) is 9.59 Å². The van der Waals surface area contributed by atoms with Gasteiger partial charge in [-0.15, -0.1) is 0 Å². The molecule has 0 aromatic carbocycles. The first-order chi connectivity index (χ1) is 9.08. The maximum atomic E-state index is 11.9. The molecule has 0 saturated heterocycles. The van der Waals surface area contributed by atoms with Crippen LogP contribution < -0.4 is 10.6 Å². The molecule has 1 aromatic heterocycles. The average Bonchev–Trinajstić information content (AvgIpc) is 3.07. The van der Waals surface area contributed by atoms with Crippen molar-refractivity contribution in [3.8, 4) is 0 Å². The van der Waals surface area contributed by atoms with Crippen molar-refractivity contribution in [1.29, 1.82) is 0 Å². The minimum Gasteiger partial charge on any atom is -0.350 e. The normalized spacial score (nSPS) is 14.5. The van der Waals surface area contributed by atoms with E-state index in [4.69, 9.17) is 0 Å². The minimum atomic E-state index is -0.289. The van der Waals surface area contributed by atoms with Gasteiger partial charge in [0.25, 0.3) is 11.8 Å². The predicted molar refractivity (Wildman–Crippen MR) is 70.8 cm³/mol. The summed E-state index contributed by atoms with van der Waals surface area (Å²) in [6, 6.07) is 0. The third kappa shape index (κ3) is 3.81. The zero-order valence-corrected chi connectivity index (χ0v) is 11.3. The molecule has 0 atom stereocenters. The Hall–Kier alpha value is -1.85. The van der Waals surface area contributed by atoms with Gasteiger partial charge >= 0.3 is 0 Å². The second-order valence-corrected chi connectivity index (χ2v) is 5.38. The lowest BCUT2D eigenvalue weighted by Gasteiger charge is -2.07. The van der Waals surface area contributed by atoms with Crippen molar-refractivity contribution in [1.82, 2.24) is 20.6 Å². The monoisotopic (exact) mass is 264 g/mol. The van der Waals surface area contributed by atoms with Crippen LogP contribution in [0.3, 0.4) is 0 Å². The van der Waals surface area contributed by atoms with Crippen LogP contribution in [0.5, 0.6) is 0 Å². The molecule has 1 heterocycles. The third-order valence-electron chi connectivity index (χ3n) is 3.00. The van der Waals surface area contributed by atoms with Crippen molar-refractivity contribution in [2.75, 3.05) is 13.1 Å². The van der Waals surface area contributed by atoms with E-state index in [9.17, 15) is 9.59 Å². The molecule has 2 amide bonds. The van der Waals surface area contributed by atoms with Crippen molar-refractivity contribution >= 4 is 11.8 Å². The molecule has 6 heteroatoms. The number of nitrogens with one attached hydrogen (secondary N) is 3. The molecular formula is C13H20N4O2. The lowest BCUT2D eigenvalue weighted by molar-refractivity contribution is 0.0911. The summed E-state index contributed by atoms with van der Waals surface area (Å²) >= 11 is 0. The molecule has 1 aromatic rings.